The molecule has 1 aromatic rings. The maximum absolute atomic E-state index is 12.8. The van der Waals surface area contributed by atoms with Crippen molar-refractivity contribution in [3.8, 4) is 5.75 Å². The Morgan fingerprint density at radius 3 is 2.64 bits per heavy atom. The highest BCUT2D eigenvalue weighted by atomic mass is 35.5. The van der Waals surface area contributed by atoms with Crippen molar-refractivity contribution in [1.82, 2.24) is 0 Å². The van der Waals surface area contributed by atoms with Gasteiger partial charge in [-0.2, -0.15) is 0 Å². The van der Waals surface area contributed by atoms with Crippen molar-refractivity contribution in [2.24, 2.45) is 0 Å². The highest BCUT2D eigenvalue weighted by molar-refractivity contribution is 6.60. The molecule has 0 amide bonds. The Kier molecular flexibility index (Phi) is 3.74. The molecule has 0 aliphatic carbocycles. The van der Waals surface area contributed by atoms with Crippen molar-refractivity contribution < 1.29 is 19.2 Å². The lowest BCUT2D eigenvalue weighted by atomic mass is 9.79. The van der Waals surface area contributed by atoms with E-state index in [4.69, 9.17) is 26.4 Å². The van der Waals surface area contributed by atoms with Crippen LogP contribution in [0.3, 0.4) is 0 Å². The second-order valence-corrected chi connectivity index (χ2v) is 3.02. The lowest BCUT2D eigenvalue weighted by Gasteiger charge is -2.11. The third-order valence-electron chi connectivity index (χ3n) is 1.60. The van der Waals surface area contributed by atoms with Crippen LogP contribution >= 0.6 is 11.6 Å². The summed E-state index contributed by atoms with van der Waals surface area (Å²) >= 11 is 5.67. The minimum atomic E-state index is -1.80. The molecule has 3 nitrogen and oxygen atoms in total. The van der Waals surface area contributed by atoms with Gasteiger partial charge in [0.25, 0.3) is 0 Å². The summed E-state index contributed by atoms with van der Waals surface area (Å²) in [5.41, 5.74) is -0.0724. The van der Waals surface area contributed by atoms with Crippen molar-refractivity contribution in [3.63, 3.8) is 0 Å². The molecule has 0 saturated heterocycles. The second kappa shape index (κ2) is 4.64. The molecule has 0 fully saturated rings. The Balaban J connectivity index is 3.21. The van der Waals surface area contributed by atoms with E-state index in [2.05, 4.69) is 0 Å². The molecule has 0 radical (unpaired) electrons. The summed E-state index contributed by atoms with van der Waals surface area (Å²) in [4.78, 5) is 0. The average Bonchev–Trinajstić information content (AvgIpc) is 2.09. The van der Waals surface area contributed by atoms with Gasteiger partial charge in [0.2, 0.25) is 0 Å². The summed E-state index contributed by atoms with van der Waals surface area (Å²) in [5.74, 6) is -0.535. The zero-order valence-corrected chi connectivity index (χ0v) is 8.25. The first-order chi connectivity index (χ1) is 6.56. The zero-order valence-electron chi connectivity index (χ0n) is 7.50. The van der Waals surface area contributed by atoms with E-state index in [0.717, 1.165) is 12.1 Å². The van der Waals surface area contributed by atoms with E-state index in [0.29, 0.717) is 6.61 Å². The van der Waals surface area contributed by atoms with Crippen molar-refractivity contribution in [3.05, 3.63) is 23.0 Å². The van der Waals surface area contributed by atoms with Crippen LogP contribution < -0.4 is 10.2 Å². The largest absolute Gasteiger partial charge is 0.493 e. The van der Waals surface area contributed by atoms with Gasteiger partial charge in [-0.25, -0.2) is 4.39 Å². The van der Waals surface area contributed by atoms with Crippen molar-refractivity contribution in [1.29, 1.82) is 0 Å². The van der Waals surface area contributed by atoms with Gasteiger partial charge in [0.05, 0.1) is 11.6 Å². The predicted molar refractivity (Wildman–Crippen MR) is 52.4 cm³/mol. The van der Waals surface area contributed by atoms with Gasteiger partial charge < -0.3 is 14.8 Å². The summed E-state index contributed by atoms with van der Waals surface area (Å²) in [6.45, 7) is 2.03. The van der Waals surface area contributed by atoms with E-state index in [1.54, 1.807) is 6.92 Å². The predicted octanol–water partition coefficient (Wildman–Crippen LogP) is 0.558. The Hall–Kier alpha value is -0.775. The summed E-state index contributed by atoms with van der Waals surface area (Å²) in [7, 11) is -1.80. The standard InChI is InChI=1S/C8H9BClFO3/c1-2-14-8-6(9(12)13)3-5(11)4-7(8)10/h3-4,12-13H,2H2,1H3. The second-order valence-electron chi connectivity index (χ2n) is 2.61. The number of rotatable bonds is 3. The molecule has 0 aromatic heterocycles. The molecule has 1 aromatic carbocycles. The van der Waals surface area contributed by atoms with Gasteiger partial charge in [-0.15, -0.1) is 0 Å². The molecule has 14 heavy (non-hydrogen) atoms. The van der Waals surface area contributed by atoms with E-state index in [-0.39, 0.29) is 16.2 Å². The van der Waals surface area contributed by atoms with Gasteiger partial charge >= 0.3 is 7.12 Å². The maximum atomic E-state index is 12.8. The summed E-state index contributed by atoms with van der Waals surface area (Å²) in [6.07, 6.45) is 0. The quantitative estimate of drug-likeness (QED) is 0.729. The number of ether oxygens (including phenoxy) is 1. The molecule has 2 N–H and O–H groups in total. The highest BCUT2D eigenvalue weighted by Gasteiger charge is 2.20. The lowest BCUT2D eigenvalue weighted by molar-refractivity contribution is 0.339. The first-order valence-corrected chi connectivity index (χ1v) is 4.42. The average molecular weight is 218 g/mol. The Bertz CT molecular complexity index is 333. The fourth-order valence-electron chi connectivity index (χ4n) is 1.07. The van der Waals surface area contributed by atoms with E-state index in [1.807, 2.05) is 0 Å². The molecular weight excluding hydrogens is 209 g/mol. The topological polar surface area (TPSA) is 49.7 Å². The minimum absolute atomic E-state index is 0.0231. The molecule has 0 bridgehead atoms. The monoisotopic (exact) mass is 218 g/mol. The molecule has 0 spiro atoms. The molecule has 0 unspecified atom stereocenters. The number of benzene rings is 1. The molecule has 0 aliphatic heterocycles. The van der Waals surface area contributed by atoms with Gasteiger partial charge in [0.1, 0.15) is 11.6 Å². The summed E-state index contributed by atoms with van der Waals surface area (Å²) in [5, 5.41) is 17.9. The summed E-state index contributed by atoms with van der Waals surface area (Å²) in [6, 6.07) is 2.03. The molecule has 0 heterocycles. The first kappa shape index (κ1) is 11.3. The van der Waals surface area contributed by atoms with E-state index in [1.165, 1.54) is 0 Å². The third kappa shape index (κ3) is 2.38. The molecule has 0 saturated carbocycles. The van der Waals surface area contributed by atoms with Crippen LogP contribution in [0.1, 0.15) is 6.92 Å². The smallest absolute Gasteiger partial charge is 0.492 e. The molecule has 6 heteroatoms. The van der Waals surface area contributed by atoms with Crippen molar-refractivity contribution in [2.75, 3.05) is 6.61 Å². The van der Waals surface area contributed by atoms with Crippen LogP contribution in [0, 0.1) is 5.82 Å². The Morgan fingerprint density at radius 1 is 1.50 bits per heavy atom. The molecular formula is C8H9BClFO3. The van der Waals surface area contributed by atoms with E-state index >= 15 is 0 Å². The van der Waals surface area contributed by atoms with Crippen molar-refractivity contribution in [2.45, 2.75) is 6.92 Å². The molecule has 0 aliphatic rings. The number of hydrogen-bond acceptors (Lipinski definition) is 3. The van der Waals surface area contributed by atoms with Gasteiger partial charge in [-0.05, 0) is 19.1 Å². The van der Waals surface area contributed by atoms with E-state index in [9.17, 15) is 4.39 Å². The highest BCUT2D eigenvalue weighted by Crippen LogP contribution is 2.23. The fraction of sp³-hybridized carbons (Fsp3) is 0.250. The first-order valence-electron chi connectivity index (χ1n) is 4.04. The fourth-order valence-corrected chi connectivity index (χ4v) is 1.34. The van der Waals surface area contributed by atoms with Gasteiger partial charge in [-0.3, -0.25) is 0 Å². The minimum Gasteiger partial charge on any atom is -0.493 e. The SMILES string of the molecule is CCOc1c(Cl)cc(F)cc1B(O)O. The van der Waals surface area contributed by atoms with Crippen LogP contribution in [0.4, 0.5) is 4.39 Å². The van der Waals surface area contributed by atoms with Crippen LogP contribution in [0.15, 0.2) is 12.1 Å². The Labute approximate surface area is 86.2 Å². The molecule has 76 valence electrons. The lowest BCUT2D eigenvalue weighted by Crippen LogP contribution is -2.32. The normalized spacial score (nSPS) is 10.1. The van der Waals surface area contributed by atoms with Crippen LogP contribution in [-0.2, 0) is 0 Å². The van der Waals surface area contributed by atoms with Crippen LogP contribution in [0.25, 0.3) is 0 Å². The van der Waals surface area contributed by atoms with Crippen molar-refractivity contribution >= 4 is 24.2 Å². The maximum Gasteiger partial charge on any atom is 0.492 e. The van der Waals surface area contributed by atoms with Gasteiger partial charge in [0, 0.05) is 5.46 Å². The Morgan fingerprint density at radius 2 is 2.14 bits per heavy atom. The third-order valence-corrected chi connectivity index (χ3v) is 1.88. The van der Waals surface area contributed by atoms with Gasteiger partial charge in [-0.1, -0.05) is 11.6 Å². The van der Waals surface area contributed by atoms with Crippen LogP contribution in [0.5, 0.6) is 5.75 Å². The summed E-state index contributed by atoms with van der Waals surface area (Å²) < 4.78 is 17.9. The van der Waals surface area contributed by atoms with E-state index < -0.39 is 12.9 Å². The zero-order chi connectivity index (χ0) is 10.7. The van der Waals surface area contributed by atoms with Crippen LogP contribution in [0.2, 0.25) is 5.02 Å². The van der Waals surface area contributed by atoms with Crippen LogP contribution in [-0.4, -0.2) is 23.8 Å². The molecule has 1 rings (SSSR count). The number of halogens is 2. The van der Waals surface area contributed by atoms with Gasteiger partial charge in [0.15, 0.2) is 0 Å². The number of hydrogen-bond donors (Lipinski definition) is 2. The molecule has 0 atom stereocenters.